The molecule has 0 aromatic carbocycles. The fourth-order valence-electron chi connectivity index (χ4n) is 1.65. The smallest absolute Gasteiger partial charge is 0.228 e. The van der Waals surface area contributed by atoms with Gasteiger partial charge < -0.3 is 15.3 Å². The Morgan fingerprint density at radius 3 is 2.50 bits per heavy atom. The molecule has 0 aromatic heterocycles. The highest BCUT2D eigenvalue weighted by molar-refractivity contribution is 5.81. The monoisotopic (exact) mass is 170 g/mol. The van der Waals surface area contributed by atoms with Crippen molar-refractivity contribution in [2.75, 3.05) is 26.2 Å². The first-order chi connectivity index (χ1) is 5.58. The summed E-state index contributed by atoms with van der Waals surface area (Å²) < 4.78 is 0. The van der Waals surface area contributed by atoms with Crippen molar-refractivity contribution in [2.45, 2.75) is 12.5 Å². The van der Waals surface area contributed by atoms with E-state index in [2.05, 4.69) is 5.32 Å². The third kappa shape index (κ3) is 1.21. The van der Waals surface area contributed by atoms with Crippen LogP contribution in [0.2, 0.25) is 0 Å². The highest BCUT2D eigenvalue weighted by atomic mass is 16.3. The average Bonchev–Trinajstić information content (AvgIpc) is 1.77. The van der Waals surface area contributed by atoms with Crippen molar-refractivity contribution in [3.05, 3.63) is 0 Å². The zero-order valence-electron chi connectivity index (χ0n) is 7.21. The first kappa shape index (κ1) is 8.01. The molecule has 4 nitrogen and oxygen atoms in total. The quantitative estimate of drug-likeness (QED) is 0.519. The summed E-state index contributed by atoms with van der Waals surface area (Å²) >= 11 is 0. The third-order valence-electron chi connectivity index (χ3n) is 2.51. The van der Waals surface area contributed by atoms with Gasteiger partial charge in [-0.2, -0.15) is 0 Å². The van der Waals surface area contributed by atoms with Crippen LogP contribution in [0.1, 0.15) is 6.92 Å². The van der Waals surface area contributed by atoms with E-state index in [-0.39, 0.29) is 11.8 Å². The summed E-state index contributed by atoms with van der Waals surface area (Å²) in [5.41, 5.74) is -0.632. The van der Waals surface area contributed by atoms with Crippen molar-refractivity contribution in [2.24, 2.45) is 5.92 Å². The van der Waals surface area contributed by atoms with Crippen LogP contribution in [0.25, 0.3) is 0 Å². The maximum Gasteiger partial charge on any atom is 0.228 e. The molecule has 68 valence electrons. The molecular formula is C8H14N2O2. The van der Waals surface area contributed by atoms with Gasteiger partial charge in [-0.05, 0) is 6.92 Å². The van der Waals surface area contributed by atoms with Crippen LogP contribution in [0.15, 0.2) is 0 Å². The zero-order valence-corrected chi connectivity index (χ0v) is 7.21. The Labute approximate surface area is 71.5 Å². The SMILES string of the molecule is CC1(O)CN(C(=O)C2CNC2)C1. The third-order valence-corrected chi connectivity index (χ3v) is 2.51. The molecule has 2 N–H and O–H groups in total. The number of carbonyl (C=O) groups excluding carboxylic acids is 1. The first-order valence-corrected chi connectivity index (χ1v) is 4.30. The van der Waals surface area contributed by atoms with Crippen LogP contribution < -0.4 is 5.32 Å². The van der Waals surface area contributed by atoms with E-state index >= 15 is 0 Å². The second-order valence-electron chi connectivity index (χ2n) is 4.05. The van der Waals surface area contributed by atoms with Gasteiger partial charge in [-0.3, -0.25) is 4.79 Å². The zero-order chi connectivity index (χ0) is 8.77. The molecule has 2 aliphatic heterocycles. The van der Waals surface area contributed by atoms with Crippen LogP contribution >= 0.6 is 0 Å². The Morgan fingerprint density at radius 2 is 2.17 bits per heavy atom. The Balaban J connectivity index is 1.83. The van der Waals surface area contributed by atoms with Crippen LogP contribution in [0.5, 0.6) is 0 Å². The second kappa shape index (κ2) is 2.44. The predicted molar refractivity (Wildman–Crippen MR) is 43.6 cm³/mol. The van der Waals surface area contributed by atoms with E-state index in [4.69, 9.17) is 0 Å². The van der Waals surface area contributed by atoms with Crippen LogP contribution in [0.3, 0.4) is 0 Å². The number of carbonyl (C=O) groups is 1. The number of rotatable bonds is 1. The van der Waals surface area contributed by atoms with Gasteiger partial charge in [0.2, 0.25) is 5.91 Å². The van der Waals surface area contributed by atoms with Gasteiger partial charge in [0, 0.05) is 13.1 Å². The second-order valence-corrected chi connectivity index (χ2v) is 4.05. The Bertz CT molecular complexity index is 203. The van der Waals surface area contributed by atoms with Crippen molar-refractivity contribution in [3.63, 3.8) is 0 Å². The molecule has 2 heterocycles. The van der Waals surface area contributed by atoms with E-state index in [1.807, 2.05) is 0 Å². The number of likely N-dealkylation sites (tertiary alicyclic amines) is 1. The number of β-amino-alcohol motifs (C(OH)–C–C–N with tert-alkyl or cyclic N) is 1. The lowest BCUT2D eigenvalue weighted by Crippen LogP contribution is -2.65. The molecule has 2 saturated heterocycles. The standard InChI is InChI=1S/C8H14N2O2/c1-8(12)4-10(5-8)7(11)6-2-9-3-6/h6,9,12H,2-5H2,1H3. The van der Waals surface area contributed by atoms with E-state index in [1.54, 1.807) is 11.8 Å². The van der Waals surface area contributed by atoms with Gasteiger partial charge in [0.05, 0.1) is 24.6 Å². The average molecular weight is 170 g/mol. The van der Waals surface area contributed by atoms with Gasteiger partial charge in [0.1, 0.15) is 0 Å². The number of amides is 1. The van der Waals surface area contributed by atoms with Crippen molar-refractivity contribution in [3.8, 4) is 0 Å². The van der Waals surface area contributed by atoms with Crippen LogP contribution in [0.4, 0.5) is 0 Å². The lowest BCUT2D eigenvalue weighted by Gasteiger charge is -2.46. The van der Waals surface area contributed by atoms with Gasteiger partial charge >= 0.3 is 0 Å². The summed E-state index contributed by atoms with van der Waals surface area (Å²) in [6, 6.07) is 0. The number of hydrogen-bond donors (Lipinski definition) is 2. The summed E-state index contributed by atoms with van der Waals surface area (Å²) in [5.74, 6) is 0.362. The fraction of sp³-hybridized carbons (Fsp3) is 0.875. The first-order valence-electron chi connectivity index (χ1n) is 4.30. The Morgan fingerprint density at radius 1 is 1.58 bits per heavy atom. The Hall–Kier alpha value is -0.610. The van der Waals surface area contributed by atoms with Gasteiger partial charge in [-0.15, -0.1) is 0 Å². The molecule has 0 radical (unpaired) electrons. The normalized spacial score (nSPS) is 27.7. The molecule has 0 spiro atoms. The molecule has 0 aromatic rings. The van der Waals surface area contributed by atoms with Crippen molar-refractivity contribution in [1.29, 1.82) is 0 Å². The number of aliphatic hydroxyl groups is 1. The lowest BCUT2D eigenvalue weighted by atomic mass is 9.93. The summed E-state index contributed by atoms with van der Waals surface area (Å²) in [4.78, 5) is 13.2. The molecule has 12 heavy (non-hydrogen) atoms. The minimum Gasteiger partial charge on any atom is -0.386 e. The summed E-state index contributed by atoms with van der Waals surface area (Å²) in [7, 11) is 0. The van der Waals surface area contributed by atoms with Crippen LogP contribution in [-0.2, 0) is 4.79 Å². The summed E-state index contributed by atoms with van der Waals surface area (Å²) in [6.07, 6.45) is 0. The van der Waals surface area contributed by atoms with Gasteiger partial charge in [0.25, 0.3) is 0 Å². The van der Waals surface area contributed by atoms with E-state index in [0.717, 1.165) is 13.1 Å². The molecule has 0 bridgehead atoms. The fourth-order valence-corrected chi connectivity index (χ4v) is 1.65. The summed E-state index contributed by atoms with van der Waals surface area (Å²) in [5, 5.41) is 12.5. The van der Waals surface area contributed by atoms with E-state index < -0.39 is 5.60 Å². The molecule has 2 rings (SSSR count). The molecule has 0 unspecified atom stereocenters. The molecule has 2 aliphatic rings. The Kier molecular flexibility index (Phi) is 1.63. The van der Waals surface area contributed by atoms with Gasteiger partial charge in [0.15, 0.2) is 0 Å². The van der Waals surface area contributed by atoms with Crippen LogP contribution in [-0.4, -0.2) is 47.7 Å². The van der Waals surface area contributed by atoms with Crippen molar-refractivity contribution >= 4 is 5.91 Å². The molecular weight excluding hydrogens is 156 g/mol. The topological polar surface area (TPSA) is 52.6 Å². The minimum absolute atomic E-state index is 0.168. The van der Waals surface area contributed by atoms with E-state index in [0.29, 0.717) is 13.1 Å². The molecule has 4 heteroatoms. The molecule has 1 amide bonds. The molecule has 2 fully saturated rings. The van der Waals surface area contributed by atoms with Crippen molar-refractivity contribution in [1.82, 2.24) is 10.2 Å². The molecule has 0 saturated carbocycles. The van der Waals surface area contributed by atoms with E-state index in [1.165, 1.54) is 0 Å². The molecule has 0 aliphatic carbocycles. The van der Waals surface area contributed by atoms with Crippen LogP contribution in [0, 0.1) is 5.92 Å². The van der Waals surface area contributed by atoms with E-state index in [9.17, 15) is 9.90 Å². The lowest BCUT2D eigenvalue weighted by molar-refractivity contribution is -0.158. The largest absolute Gasteiger partial charge is 0.386 e. The molecule has 0 atom stereocenters. The van der Waals surface area contributed by atoms with Gasteiger partial charge in [-0.25, -0.2) is 0 Å². The number of hydrogen-bond acceptors (Lipinski definition) is 3. The van der Waals surface area contributed by atoms with Crippen molar-refractivity contribution < 1.29 is 9.90 Å². The number of nitrogens with one attached hydrogen (secondary N) is 1. The predicted octanol–water partition coefficient (Wildman–Crippen LogP) is -1.20. The summed E-state index contributed by atoms with van der Waals surface area (Å²) in [6.45, 7) is 4.37. The highest BCUT2D eigenvalue weighted by Crippen LogP contribution is 2.22. The number of nitrogens with zero attached hydrogens (tertiary/aromatic N) is 1. The maximum atomic E-state index is 11.5. The minimum atomic E-state index is -0.632. The highest BCUT2D eigenvalue weighted by Gasteiger charge is 2.42. The van der Waals surface area contributed by atoms with Gasteiger partial charge in [-0.1, -0.05) is 0 Å². The maximum absolute atomic E-state index is 11.5.